The molecule has 8 heteroatoms. The number of amides is 1. The molecule has 35 heavy (non-hydrogen) atoms. The van der Waals surface area contributed by atoms with Crippen molar-refractivity contribution >= 4 is 32.6 Å². The molecule has 0 unspecified atom stereocenters. The van der Waals surface area contributed by atoms with Gasteiger partial charge in [0.2, 0.25) is 10.0 Å². The van der Waals surface area contributed by atoms with Gasteiger partial charge in [-0.2, -0.15) is 0 Å². The van der Waals surface area contributed by atoms with E-state index in [4.69, 9.17) is 4.42 Å². The molecule has 1 aromatic heterocycles. The van der Waals surface area contributed by atoms with Crippen molar-refractivity contribution < 1.29 is 22.0 Å². The molecular weight excluding hydrogens is 467 g/mol. The Hall–Kier alpha value is -3.91. The number of furan rings is 1. The van der Waals surface area contributed by atoms with E-state index in [0.29, 0.717) is 27.8 Å². The Kier molecular flexibility index (Phi) is 6.75. The van der Waals surface area contributed by atoms with Crippen molar-refractivity contribution in [2.75, 3.05) is 24.2 Å². The van der Waals surface area contributed by atoms with Crippen LogP contribution in [0.4, 0.5) is 10.1 Å². The van der Waals surface area contributed by atoms with Gasteiger partial charge in [0.05, 0.1) is 24.1 Å². The van der Waals surface area contributed by atoms with Gasteiger partial charge in [0.25, 0.3) is 5.91 Å². The Balaban J connectivity index is 2.08. The number of nitrogens with one attached hydrogen (secondary N) is 1. The van der Waals surface area contributed by atoms with Gasteiger partial charge >= 0.3 is 0 Å². The normalized spacial score (nSPS) is 11.8. The van der Waals surface area contributed by atoms with Gasteiger partial charge in [-0.05, 0) is 42.8 Å². The van der Waals surface area contributed by atoms with Crippen molar-refractivity contribution in [3.63, 3.8) is 0 Å². The Morgan fingerprint density at radius 3 is 2.34 bits per heavy atom. The van der Waals surface area contributed by atoms with Gasteiger partial charge in [-0.3, -0.25) is 9.10 Å². The number of carbonyl (C=O) groups excluding carboxylic acids is 1. The van der Waals surface area contributed by atoms with Crippen LogP contribution in [0.5, 0.6) is 0 Å². The van der Waals surface area contributed by atoms with Gasteiger partial charge in [-0.15, -0.1) is 0 Å². The van der Waals surface area contributed by atoms with Crippen LogP contribution in [0.25, 0.3) is 33.4 Å². The van der Waals surface area contributed by atoms with Crippen LogP contribution < -0.4 is 9.62 Å². The summed E-state index contributed by atoms with van der Waals surface area (Å²) in [6, 6.07) is 18.4. The molecule has 0 fully saturated rings. The summed E-state index contributed by atoms with van der Waals surface area (Å²) in [5, 5.41) is 3.16. The topological polar surface area (TPSA) is 79.6 Å². The number of rotatable bonds is 7. The SMILES string of the molecule is C/C=C/CN(c1cc2oc(-c3ccc(F)cc3)c(C(=O)NC)c2cc1-c1ccccc1)S(C)(=O)=O. The van der Waals surface area contributed by atoms with Crippen molar-refractivity contribution in [2.24, 2.45) is 0 Å². The summed E-state index contributed by atoms with van der Waals surface area (Å²) in [7, 11) is -2.13. The fourth-order valence-electron chi connectivity index (χ4n) is 3.96. The molecule has 0 saturated carbocycles. The Morgan fingerprint density at radius 2 is 1.74 bits per heavy atom. The molecular formula is C27H25FN2O4S. The zero-order valence-electron chi connectivity index (χ0n) is 19.6. The lowest BCUT2D eigenvalue weighted by Crippen LogP contribution is -2.30. The number of carbonyl (C=O) groups is 1. The fraction of sp³-hybridized carbons (Fsp3) is 0.148. The number of hydrogen-bond donors (Lipinski definition) is 1. The average Bonchev–Trinajstić information content (AvgIpc) is 3.22. The number of hydrogen-bond acceptors (Lipinski definition) is 4. The summed E-state index contributed by atoms with van der Waals surface area (Å²) in [6.07, 6.45) is 4.68. The van der Waals surface area contributed by atoms with Crippen LogP contribution in [-0.2, 0) is 10.0 Å². The van der Waals surface area contributed by atoms with Crippen molar-refractivity contribution in [3.05, 3.63) is 90.3 Å². The lowest BCUT2D eigenvalue weighted by molar-refractivity contribution is 0.0964. The molecule has 0 saturated heterocycles. The monoisotopic (exact) mass is 492 g/mol. The quantitative estimate of drug-likeness (QED) is 0.340. The van der Waals surface area contributed by atoms with Crippen LogP contribution in [0.15, 0.2) is 83.3 Å². The van der Waals surface area contributed by atoms with Gasteiger partial charge in [0.1, 0.15) is 17.2 Å². The molecule has 0 spiro atoms. The third kappa shape index (κ3) is 4.83. The smallest absolute Gasteiger partial charge is 0.255 e. The number of sulfonamides is 1. The molecule has 180 valence electrons. The summed E-state index contributed by atoms with van der Waals surface area (Å²) in [5.41, 5.74) is 2.99. The Morgan fingerprint density at radius 1 is 1.06 bits per heavy atom. The second kappa shape index (κ2) is 9.76. The number of anilines is 1. The highest BCUT2D eigenvalue weighted by molar-refractivity contribution is 7.92. The summed E-state index contributed by atoms with van der Waals surface area (Å²) in [5.74, 6) is -0.508. The van der Waals surface area contributed by atoms with Gasteiger partial charge in [0.15, 0.2) is 0 Å². The number of halogens is 1. The van der Waals surface area contributed by atoms with Crippen molar-refractivity contribution in [1.29, 1.82) is 0 Å². The number of fused-ring (bicyclic) bond motifs is 1. The average molecular weight is 493 g/mol. The highest BCUT2D eigenvalue weighted by Gasteiger charge is 2.26. The molecule has 0 atom stereocenters. The minimum atomic E-state index is -3.65. The molecule has 0 aliphatic carbocycles. The predicted octanol–water partition coefficient (Wildman–Crippen LogP) is 5.61. The van der Waals surface area contributed by atoms with E-state index in [0.717, 1.165) is 11.8 Å². The number of allylic oxidation sites excluding steroid dienone is 1. The van der Waals surface area contributed by atoms with E-state index in [1.165, 1.54) is 35.6 Å². The van der Waals surface area contributed by atoms with Crippen LogP contribution in [0.1, 0.15) is 17.3 Å². The van der Waals surface area contributed by atoms with E-state index in [9.17, 15) is 17.6 Å². The maximum atomic E-state index is 13.6. The van der Waals surface area contributed by atoms with Gasteiger partial charge in [-0.25, -0.2) is 12.8 Å². The summed E-state index contributed by atoms with van der Waals surface area (Å²) in [4.78, 5) is 13.0. The first-order valence-electron chi connectivity index (χ1n) is 11.0. The van der Waals surface area contributed by atoms with E-state index >= 15 is 0 Å². The first-order chi connectivity index (χ1) is 16.7. The van der Waals surface area contributed by atoms with Crippen LogP contribution in [0.3, 0.4) is 0 Å². The van der Waals surface area contributed by atoms with Crippen LogP contribution >= 0.6 is 0 Å². The van der Waals surface area contributed by atoms with E-state index in [1.54, 1.807) is 24.3 Å². The molecule has 1 N–H and O–H groups in total. The summed E-state index contributed by atoms with van der Waals surface area (Å²) >= 11 is 0. The zero-order chi connectivity index (χ0) is 25.2. The lowest BCUT2D eigenvalue weighted by atomic mass is 9.98. The maximum absolute atomic E-state index is 13.6. The molecule has 0 aliphatic rings. The molecule has 4 aromatic rings. The van der Waals surface area contributed by atoms with E-state index in [1.807, 2.05) is 37.3 Å². The van der Waals surface area contributed by atoms with E-state index < -0.39 is 15.8 Å². The fourth-order valence-corrected chi connectivity index (χ4v) is 4.82. The standard InChI is InChI=1S/C27H25FN2O4S/c1-4-5-15-30(35(3,32)33)23-17-24-22(16-21(23)18-9-7-6-8-10-18)25(27(31)29-2)26(34-24)19-11-13-20(28)14-12-19/h4-14,16-17H,15H2,1-3H3,(H,29,31)/b5-4+. The van der Waals surface area contributed by atoms with Crippen molar-refractivity contribution in [1.82, 2.24) is 5.32 Å². The zero-order valence-corrected chi connectivity index (χ0v) is 20.4. The lowest BCUT2D eigenvalue weighted by Gasteiger charge is -2.24. The maximum Gasteiger partial charge on any atom is 0.255 e. The highest BCUT2D eigenvalue weighted by Crippen LogP contribution is 2.41. The first-order valence-corrected chi connectivity index (χ1v) is 12.8. The molecule has 1 heterocycles. The summed E-state index contributed by atoms with van der Waals surface area (Å²) < 4.78 is 46.6. The third-order valence-corrected chi connectivity index (χ3v) is 6.77. The largest absolute Gasteiger partial charge is 0.455 e. The van der Waals surface area contributed by atoms with Crippen LogP contribution in [0, 0.1) is 5.82 Å². The molecule has 6 nitrogen and oxygen atoms in total. The molecule has 0 radical (unpaired) electrons. The Labute approximate surface area is 203 Å². The van der Waals surface area contributed by atoms with Gasteiger partial charge in [0, 0.05) is 29.6 Å². The summed E-state index contributed by atoms with van der Waals surface area (Å²) in [6.45, 7) is 1.95. The number of benzene rings is 3. The predicted molar refractivity (Wildman–Crippen MR) is 137 cm³/mol. The van der Waals surface area contributed by atoms with Crippen LogP contribution in [-0.4, -0.2) is 34.2 Å². The first kappa shape index (κ1) is 24.2. The van der Waals surface area contributed by atoms with Crippen LogP contribution in [0.2, 0.25) is 0 Å². The minimum Gasteiger partial charge on any atom is -0.455 e. The third-order valence-electron chi connectivity index (χ3n) is 5.63. The Bertz CT molecular complexity index is 1510. The second-order valence-electron chi connectivity index (χ2n) is 7.99. The highest BCUT2D eigenvalue weighted by atomic mass is 32.2. The van der Waals surface area contributed by atoms with E-state index in [-0.39, 0.29) is 23.8 Å². The van der Waals surface area contributed by atoms with E-state index in [2.05, 4.69) is 5.32 Å². The van der Waals surface area contributed by atoms with Gasteiger partial charge < -0.3 is 9.73 Å². The van der Waals surface area contributed by atoms with Crippen molar-refractivity contribution in [2.45, 2.75) is 6.92 Å². The molecule has 1 amide bonds. The molecule has 0 bridgehead atoms. The molecule has 0 aliphatic heterocycles. The second-order valence-corrected chi connectivity index (χ2v) is 9.89. The molecule has 4 rings (SSSR count). The van der Waals surface area contributed by atoms with Gasteiger partial charge in [-0.1, -0.05) is 42.5 Å². The van der Waals surface area contributed by atoms with Crippen molar-refractivity contribution in [3.8, 4) is 22.5 Å². The number of nitrogens with zero attached hydrogens (tertiary/aromatic N) is 1. The minimum absolute atomic E-state index is 0.133. The molecule has 3 aromatic carbocycles.